The maximum Gasteiger partial charge on any atom is 0.218 e. The van der Waals surface area contributed by atoms with Crippen LogP contribution >= 0.6 is 35.3 Å². The topological polar surface area (TPSA) is 49.8 Å². The number of aliphatic imine (C=N–C) groups is 1. The maximum absolute atomic E-state index is 5.56. The van der Waals surface area contributed by atoms with E-state index in [0.717, 1.165) is 24.5 Å². The summed E-state index contributed by atoms with van der Waals surface area (Å²) in [5, 5.41) is 5.48. The molecule has 2 aromatic heterocycles. The lowest BCUT2D eigenvalue weighted by molar-refractivity contribution is 0.322. The molecule has 0 aliphatic heterocycles. The Morgan fingerprint density at radius 2 is 2.21 bits per heavy atom. The second-order valence-corrected chi connectivity index (χ2v) is 6.08. The lowest BCUT2D eigenvalue weighted by Crippen LogP contribution is -2.39. The number of halogens is 1. The van der Waals surface area contributed by atoms with Gasteiger partial charge in [0.25, 0.3) is 0 Å². The molecule has 0 aliphatic carbocycles. The minimum absolute atomic E-state index is 0. The standard InChI is InChI=1S/C17H24N4OS.HI/c1-4-22-16-14(7-5-10-19-16)13-20-17(18-2)21(3)11-9-15-8-6-12-23-15;/h5-8,10,12H,4,9,11,13H2,1-3H3,(H,18,20);1H. The molecule has 7 heteroatoms. The second-order valence-electron chi connectivity index (χ2n) is 5.05. The molecule has 0 amide bonds. The number of thiophene rings is 1. The SMILES string of the molecule is CCOc1ncccc1CNC(=NC)N(C)CCc1cccs1.I. The average molecular weight is 460 g/mol. The lowest BCUT2D eigenvalue weighted by Gasteiger charge is -2.22. The number of guanidine groups is 1. The zero-order valence-electron chi connectivity index (χ0n) is 14.4. The molecule has 0 atom stereocenters. The van der Waals surface area contributed by atoms with Crippen molar-refractivity contribution in [3.8, 4) is 5.88 Å². The van der Waals surface area contributed by atoms with Crippen molar-refractivity contribution in [1.82, 2.24) is 15.2 Å². The molecule has 132 valence electrons. The molecule has 0 saturated carbocycles. The Morgan fingerprint density at radius 1 is 1.38 bits per heavy atom. The minimum atomic E-state index is 0. The smallest absolute Gasteiger partial charge is 0.218 e. The molecule has 5 nitrogen and oxygen atoms in total. The van der Waals surface area contributed by atoms with Crippen molar-refractivity contribution in [2.24, 2.45) is 4.99 Å². The zero-order chi connectivity index (χ0) is 16.5. The summed E-state index contributed by atoms with van der Waals surface area (Å²) in [7, 11) is 3.85. The van der Waals surface area contributed by atoms with Gasteiger partial charge in [0.1, 0.15) is 0 Å². The molecule has 0 unspecified atom stereocenters. The summed E-state index contributed by atoms with van der Waals surface area (Å²) in [6.45, 7) is 4.13. The summed E-state index contributed by atoms with van der Waals surface area (Å²) >= 11 is 1.79. The van der Waals surface area contributed by atoms with Gasteiger partial charge in [-0.05, 0) is 30.9 Å². The summed E-state index contributed by atoms with van der Waals surface area (Å²) in [6.07, 6.45) is 2.77. The van der Waals surface area contributed by atoms with Crippen LogP contribution in [0, 0.1) is 0 Å². The number of likely N-dealkylation sites (N-methyl/N-ethyl adjacent to an activating group) is 1. The van der Waals surface area contributed by atoms with Crippen molar-refractivity contribution in [1.29, 1.82) is 0 Å². The Labute approximate surface area is 165 Å². The van der Waals surface area contributed by atoms with Crippen molar-refractivity contribution in [3.05, 3.63) is 46.3 Å². The molecule has 0 radical (unpaired) electrons. The fourth-order valence-corrected chi connectivity index (χ4v) is 2.92. The van der Waals surface area contributed by atoms with E-state index >= 15 is 0 Å². The van der Waals surface area contributed by atoms with Gasteiger partial charge in [0, 0.05) is 43.8 Å². The van der Waals surface area contributed by atoms with Crippen LogP contribution in [-0.4, -0.2) is 43.1 Å². The molecule has 1 N–H and O–H groups in total. The van der Waals surface area contributed by atoms with E-state index < -0.39 is 0 Å². The molecule has 0 aromatic carbocycles. The molecular weight excluding hydrogens is 435 g/mol. The van der Waals surface area contributed by atoms with Crippen molar-refractivity contribution >= 4 is 41.3 Å². The minimum Gasteiger partial charge on any atom is -0.478 e. The lowest BCUT2D eigenvalue weighted by atomic mass is 10.2. The monoisotopic (exact) mass is 460 g/mol. The number of pyridine rings is 1. The van der Waals surface area contributed by atoms with Gasteiger partial charge in [0.05, 0.1) is 6.61 Å². The highest BCUT2D eigenvalue weighted by Crippen LogP contribution is 2.14. The highest BCUT2D eigenvalue weighted by Gasteiger charge is 2.09. The first-order valence-corrected chi connectivity index (χ1v) is 8.63. The van der Waals surface area contributed by atoms with Crippen molar-refractivity contribution in [2.75, 3.05) is 27.2 Å². The van der Waals surface area contributed by atoms with Crippen molar-refractivity contribution in [3.63, 3.8) is 0 Å². The molecule has 0 saturated heterocycles. The summed E-state index contributed by atoms with van der Waals surface area (Å²) < 4.78 is 5.56. The summed E-state index contributed by atoms with van der Waals surface area (Å²) in [6, 6.07) is 8.19. The summed E-state index contributed by atoms with van der Waals surface area (Å²) in [5.41, 5.74) is 1.03. The molecule has 0 fully saturated rings. The van der Waals surface area contributed by atoms with Crippen LogP contribution in [0.4, 0.5) is 0 Å². The zero-order valence-corrected chi connectivity index (χ0v) is 17.5. The van der Waals surface area contributed by atoms with Gasteiger partial charge in [-0.2, -0.15) is 0 Å². The van der Waals surface area contributed by atoms with E-state index in [4.69, 9.17) is 4.74 Å². The van der Waals surface area contributed by atoms with Gasteiger partial charge in [-0.25, -0.2) is 4.98 Å². The Kier molecular flexibility index (Phi) is 9.70. The number of rotatable bonds is 7. The van der Waals surface area contributed by atoms with Gasteiger partial charge in [-0.15, -0.1) is 35.3 Å². The van der Waals surface area contributed by atoms with Crippen LogP contribution < -0.4 is 10.1 Å². The van der Waals surface area contributed by atoms with E-state index in [9.17, 15) is 0 Å². The molecular formula is C17H25IN4OS. The van der Waals surface area contributed by atoms with Gasteiger partial charge in [-0.1, -0.05) is 12.1 Å². The van der Waals surface area contributed by atoms with E-state index in [2.05, 4.69) is 44.8 Å². The van der Waals surface area contributed by atoms with E-state index in [1.165, 1.54) is 4.88 Å². The third-order valence-electron chi connectivity index (χ3n) is 3.42. The van der Waals surface area contributed by atoms with E-state index in [1.807, 2.05) is 19.1 Å². The Morgan fingerprint density at radius 3 is 2.88 bits per heavy atom. The molecule has 24 heavy (non-hydrogen) atoms. The van der Waals surface area contributed by atoms with Gasteiger partial charge < -0.3 is 15.0 Å². The highest BCUT2D eigenvalue weighted by molar-refractivity contribution is 14.0. The van der Waals surface area contributed by atoms with E-state index in [-0.39, 0.29) is 24.0 Å². The molecule has 2 heterocycles. The number of hydrogen-bond acceptors (Lipinski definition) is 4. The molecule has 2 rings (SSSR count). The number of hydrogen-bond donors (Lipinski definition) is 1. The normalized spacial score (nSPS) is 10.9. The Bertz CT molecular complexity index is 619. The number of aromatic nitrogens is 1. The maximum atomic E-state index is 5.56. The van der Waals surface area contributed by atoms with Crippen LogP contribution in [0.2, 0.25) is 0 Å². The Hall–Kier alpha value is -1.35. The van der Waals surface area contributed by atoms with Gasteiger partial charge >= 0.3 is 0 Å². The van der Waals surface area contributed by atoms with Crippen LogP contribution in [0.3, 0.4) is 0 Å². The van der Waals surface area contributed by atoms with Crippen molar-refractivity contribution < 1.29 is 4.74 Å². The Balaban J connectivity index is 0.00000288. The van der Waals surface area contributed by atoms with Crippen LogP contribution in [-0.2, 0) is 13.0 Å². The largest absolute Gasteiger partial charge is 0.478 e. The van der Waals surface area contributed by atoms with Gasteiger partial charge in [-0.3, -0.25) is 4.99 Å². The first kappa shape index (κ1) is 20.7. The average Bonchev–Trinajstić information content (AvgIpc) is 3.08. The predicted molar refractivity (Wildman–Crippen MR) is 112 cm³/mol. The van der Waals surface area contributed by atoms with E-state index in [1.54, 1.807) is 24.6 Å². The summed E-state index contributed by atoms with van der Waals surface area (Å²) in [4.78, 5) is 12.1. The second kappa shape index (κ2) is 11.2. The van der Waals surface area contributed by atoms with Crippen LogP contribution in [0.1, 0.15) is 17.4 Å². The fraction of sp³-hybridized carbons (Fsp3) is 0.412. The first-order valence-electron chi connectivity index (χ1n) is 7.75. The summed E-state index contributed by atoms with van der Waals surface area (Å²) in [5.74, 6) is 1.55. The van der Waals surface area contributed by atoms with Crippen LogP contribution in [0.15, 0.2) is 40.8 Å². The molecule has 0 bridgehead atoms. The highest BCUT2D eigenvalue weighted by atomic mass is 127. The fourth-order valence-electron chi connectivity index (χ4n) is 2.22. The van der Waals surface area contributed by atoms with Crippen LogP contribution in [0.5, 0.6) is 5.88 Å². The van der Waals surface area contributed by atoms with Gasteiger partial charge in [0.2, 0.25) is 5.88 Å². The molecule has 2 aromatic rings. The van der Waals surface area contributed by atoms with Crippen molar-refractivity contribution in [2.45, 2.75) is 19.9 Å². The van der Waals surface area contributed by atoms with Gasteiger partial charge in [0.15, 0.2) is 5.96 Å². The predicted octanol–water partition coefficient (Wildman–Crippen LogP) is 3.41. The third-order valence-corrected chi connectivity index (χ3v) is 4.35. The third kappa shape index (κ3) is 6.27. The molecule has 0 aliphatic rings. The quantitative estimate of drug-likeness (QED) is 0.391. The van der Waals surface area contributed by atoms with E-state index in [0.29, 0.717) is 19.0 Å². The number of ether oxygens (including phenoxy) is 1. The van der Waals surface area contributed by atoms with Crippen LogP contribution in [0.25, 0.3) is 0 Å². The number of nitrogens with zero attached hydrogens (tertiary/aromatic N) is 3. The molecule has 0 spiro atoms. The number of nitrogens with one attached hydrogen (secondary N) is 1. The first-order chi connectivity index (χ1) is 11.2.